The largest absolute Gasteiger partial charge is 0.399 e. The Morgan fingerprint density at radius 2 is 2.05 bits per heavy atom. The average molecular weight is 297 g/mol. The van der Waals surface area contributed by atoms with Crippen molar-refractivity contribution >= 4 is 29.4 Å². The minimum absolute atomic E-state index is 0.559. The fourth-order valence-corrected chi connectivity index (χ4v) is 1.62. The van der Waals surface area contributed by atoms with Crippen molar-refractivity contribution in [3.05, 3.63) is 63.9 Å². The Bertz CT molecular complexity index is 530. The molecule has 100 valence electrons. The number of benzene rings is 1. The molecule has 0 radical (unpaired) electrons. The van der Waals surface area contributed by atoms with Crippen LogP contribution in [0.2, 0.25) is 10.0 Å². The zero-order valence-electron chi connectivity index (χ0n) is 10.7. The van der Waals surface area contributed by atoms with E-state index in [4.69, 9.17) is 23.2 Å². The predicted molar refractivity (Wildman–Crippen MR) is 80.0 cm³/mol. The molecule has 19 heavy (non-hydrogen) atoms. The Labute approximate surface area is 122 Å². The molecule has 0 saturated carbocycles. The van der Waals surface area contributed by atoms with Crippen molar-refractivity contribution in [2.45, 2.75) is 6.92 Å². The van der Waals surface area contributed by atoms with Crippen LogP contribution in [0.5, 0.6) is 0 Å². The molecule has 1 aromatic carbocycles. The van der Waals surface area contributed by atoms with Crippen LogP contribution in [0.4, 0.5) is 0 Å². The molecule has 0 amide bonds. The zero-order chi connectivity index (χ0) is 14.1. The van der Waals surface area contributed by atoms with Gasteiger partial charge >= 0.3 is 0 Å². The van der Waals surface area contributed by atoms with Gasteiger partial charge in [-0.2, -0.15) is 0 Å². The molecule has 0 aliphatic rings. The van der Waals surface area contributed by atoms with Crippen LogP contribution >= 0.6 is 23.2 Å². The normalized spacial score (nSPS) is 9.89. The molecule has 1 heterocycles. The summed E-state index contributed by atoms with van der Waals surface area (Å²) >= 11 is 11.5. The first-order chi connectivity index (χ1) is 9.13. The highest BCUT2D eigenvalue weighted by molar-refractivity contribution is 6.36. The summed E-state index contributed by atoms with van der Waals surface area (Å²) in [6, 6.07) is 9.11. The third-order valence-corrected chi connectivity index (χ3v) is 2.63. The van der Waals surface area contributed by atoms with Gasteiger partial charge in [-0.25, -0.2) is 0 Å². The number of hydrogen-bond donors (Lipinski definition) is 0. The molecule has 0 bridgehead atoms. The van der Waals surface area contributed by atoms with E-state index in [0.29, 0.717) is 10.0 Å². The van der Waals surface area contributed by atoms with Crippen LogP contribution in [0, 0.1) is 6.92 Å². The fraction of sp³-hybridized carbons (Fsp3) is 0.143. The summed E-state index contributed by atoms with van der Waals surface area (Å²) in [5, 5.41) is 4.74. The van der Waals surface area contributed by atoms with Crippen molar-refractivity contribution in [3.8, 4) is 0 Å². The van der Waals surface area contributed by atoms with Crippen LogP contribution in [-0.2, 0) is 4.84 Å². The van der Waals surface area contributed by atoms with Crippen LogP contribution < -0.4 is 0 Å². The standard InChI is InChI=1S/C8H7Cl2NO.C6H7N/c1-12-11-5-6-2-3-7(9)4-8(6)10;1-6-3-2-4-7-5-6/h2-5H,1H3;2-5H,1H3/b11-5+;. The third-order valence-electron chi connectivity index (χ3n) is 2.07. The van der Waals surface area contributed by atoms with E-state index >= 15 is 0 Å². The van der Waals surface area contributed by atoms with Crippen molar-refractivity contribution in [1.82, 2.24) is 4.98 Å². The number of aromatic nitrogens is 1. The number of nitrogens with zero attached hydrogens (tertiary/aromatic N) is 2. The summed E-state index contributed by atoms with van der Waals surface area (Å²) < 4.78 is 0. The fourth-order valence-electron chi connectivity index (χ4n) is 1.16. The minimum Gasteiger partial charge on any atom is -0.399 e. The molecule has 2 aromatic rings. The van der Waals surface area contributed by atoms with E-state index in [1.54, 1.807) is 24.4 Å². The molecule has 0 unspecified atom stereocenters. The zero-order valence-corrected chi connectivity index (χ0v) is 12.2. The van der Waals surface area contributed by atoms with Crippen LogP contribution in [0.25, 0.3) is 0 Å². The second kappa shape index (κ2) is 8.51. The number of rotatable bonds is 2. The lowest BCUT2D eigenvalue weighted by Crippen LogP contribution is -1.83. The van der Waals surface area contributed by atoms with Gasteiger partial charge in [0.05, 0.1) is 11.2 Å². The maximum absolute atomic E-state index is 5.83. The van der Waals surface area contributed by atoms with Gasteiger partial charge in [-0.05, 0) is 30.7 Å². The van der Waals surface area contributed by atoms with Gasteiger partial charge in [0.15, 0.2) is 0 Å². The Kier molecular flexibility index (Phi) is 6.93. The van der Waals surface area contributed by atoms with Crippen LogP contribution in [0.1, 0.15) is 11.1 Å². The van der Waals surface area contributed by atoms with Gasteiger partial charge in [0, 0.05) is 23.0 Å². The van der Waals surface area contributed by atoms with Crippen molar-refractivity contribution in [2.24, 2.45) is 5.16 Å². The smallest absolute Gasteiger partial charge is 0.106 e. The highest BCUT2D eigenvalue weighted by Crippen LogP contribution is 2.19. The molecular formula is C14H14Cl2N2O. The molecule has 0 atom stereocenters. The summed E-state index contributed by atoms with van der Waals surface area (Å²) in [6.07, 6.45) is 5.13. The molecule has 0 aliphatic carbocycles. The lowest BCUT2D eigenvalue weighted by atomic mass is 10.2. The summed E-state index contributed by atoms with van der Waals surface area (Å²) in [4.78, 5) is 8.39. The first kappa shape index (κ1) is 15.5. The number of hydrogen-bond acceptors (Lipinski definition) is 3. The van der Waals surface area contributed by atoms with E-state index in [1.807, 2.05) is 25.3 Å². The number of pyridine rings is 1. The summed E-state index contributed by atoms with van der Waals surface area (Å²) in [6.45, 7) is 2.02. The van der Waals surface area contributed by atoms with E-state index in [1.165, 1.54) is 18.9 Å². The Hall–Kier alpha value is -1.58. The summed E-state index contributed by atoms with van der Waals surface area (Å²) in [5.41, 5.74) is 1.99. The lowest BCUT2D eigenvalue weighted by Gasteiger charge is -1.96. The number of oxime groups is 1. The lowest BCUT2D eigenvalue weighted by molar-refractivity contribution is 0.215. The number of halogens is 2. The molecule has 0 N–H and O–H groups in total. The van der Waals surface area contributed by atoms with Crippen molar-refractivity contribution in [1.29, 1.82) is 0 Å². The van der Waals surface area contributed by atoms with E-state index in [-0.39, 0.29) is 0 Å². The van der Waals surface area contributed by atoms with E-state index in [2.05, 4.69) is 15.0 Å². The van der Waals surface area contributed by atoms with E-state index < -0.39 is 0 Å². The van der Waals surface area contributed by atoms with Gasteiger partial charge in [-0.1, -0.05) is 40.5 Å². The second-order valence-corrected chi connectivity index (χ2v) is 4.46. The van der Waals surface area contributed by atoms with Gasteiger partial charge in [0.1, 0.15) is 7.11 Å². The Balaban J connectivity index is 0.000000218. The van der Waals surface area contributed by atoms with Crippen molar-refractivity contribution < 1.29 is 4.84 Å². The van der Waals surface area contributed by atoms with Crippen LogP contribution in [0.3, 0.4) is 0 Å². The maximum atomic E-state index is 5.83. The average Bonchev–Trinajstić information content (AvgIpc) is 2.39. The van der Waals surface area contributed by atoms with Gasteiger partial charge in [0.25, 0.3) is 0 Å². The molecule has 0 saturated heterocycles. The molecular weight excluding hydrogens is 283 g/mol. The number of aryl methyl sites for hydroxylation is 1. The van der Waals surface area contributed by atoms with Crippen molar-refractivity contribution in [3.63, 3.8) is 0 Å². The summed E-state index contributed by atoms with van der Waals surface area (Å²) in [7, 11) is 1.47. The van der Waals surface area contributed by atoms with Crippen molar-refractivity contribution in [2.75, 3.05) is 7.11 Å². The van der Waals surface area contributed by atoms with Crippen LogP contribution in [-0.4, -0.2) is 18.3 Å². The Morgan fingerprint density at radius 1 is 1.26 bits per heavy atom. The molecule has 3 nitrogen and oxygen atoms in total. The van der Waals surface area contributed by atoms with Gasteiger partial charge in [0.2, 0.25) is 0 Å². The first-order valence-electron chi connectivity index (χ1n) is 5.51. The topological polar surface area (TPSA) is 34.5 Å². The van der Waals surface area contributed by atoms with Gasteiger partial charge < -0.3 is 4.84 Å². The molecule has 0 spiro atoms. The minimum atomic E-state index is 0.559. The summed E-state index contributed by atoms with van der Waals surface area (Å²) in [5.74, 6) is 0. The molecule has 2 rings (SSSR count). The highest BCUT2D eigenvalue weighted by atomic mass is 35.5. The quantitative estimate of drug-likeness (QED) is 0.609. The third kappa shape index (κ3) is 6.22. The van der Waals surface area contributed by atoms with Crippen LogP contribution in [0.15, 0.2) is 47.9 Å². The molecule has 1 aromatic heterocycles. The maximum Gasteiger partial charge on any atom is 0.106 e. The first-order valence-corrected chi connectivity index (χ1v) is 6.27. The SMILES string of the molecule is CO/N=C/c1ccc(Cl)cc1Cl.Cc1cccnc1. The molecule has 0 aliphatic heterocycles. The predicted octanol–water partition coefficient (Wildman–Crippen LogP) is 4.36. The van der Waals surface area contributed by atoms with Gasteiger partial charge in [-0.3, -0.25) is 4.98 Å². The monoisotopic (exact) mass is 296 g/mol. The second-order valence-electron chi connectivity index (χ2n) is 3.61. The molecule has 5 heteroatoms. The Morgan fingerprint density at radius 3 is 2.53 bits per heavy atom. The van der Waals surface area contributed by atoms with Gasteiger partial charge in [-0.15, -0.1) is 0 Å². The van der Waals surface area contributed by atoms with E-state index in [0.717, 1.165) is 5.56 Å². The highest BCUT2D eigenvalue weighted by Gasteiger charge is 1.97. The van der Waals surface area contributed by atoms with E-state index in [9.17, 15) is 0 Å². The molecule has 0 fully saturated rings.